The number of carbonyl (C=O) groups is 4. The van der Waals surface area contributed by atoms with Crippen molar-refractivity contribution in [1.82, 2.24) is 0 Å². The van der Waals surface area contributed by atoms with Crippen molar-refractivity contribution in [1.29, 1.82) is 0 Å². The van der Waals surface area contributed by atoms with E-state index < -0.39 is 97.5 Å². The maximum atomic E-state index is 13.1. The van der Waals surface area contributed by atoms with E-state index in [-0.39, 0.29) is 25.7 Å². The molecule has 5 atom stereocenters. The van der Waals surface area contributed by atoms with Crippen LogP contribution in [0.25, 0.3) is 0 Å². The number of esters is 4. The third kappa shape index (κ3) is 77.4. The van der Waals surface area contributed by atoms with Crippen molar-refractivity contribution in [3.05, 3.63) is 134 Å². The third-order valence-electron chi connectivity index (χ3n) is 17.1. The number of unbranched alkanes of at least 4 members (excludes halogenated alkanes) is 29. The largest absolute Gasteiger partial charge is 0.472 e. The van der Waals surface area contributed by atoms with Crippen molar-refractivity contribution in [2.75, 3.05) is 39.6 Å². The fraction of sp³-hybridized carbons (Fsp3) is 0.701. The lowest BCUT2D eigenvalue weighted by atomic mass is 10.1. The molecule has 106 heavy (non-hydrogen) atoms. The Morgan fingerprint density at radius 3 is 0.821 bits per heavy atom. The summed E-state index contributed by atoms with van der Waals surface area (Å²) in [5.74, 6) is -2.28. The molecule has 17 nitrogen and oxygen atoms in total. The number of hydrogen-bond acceptors (Lipinski definition) is 15. The van der Waals surface area contributed by atoms with E-state index >= 15 is 0 Å². The highest BCUT2D eigenvalue weighted by Crippen LogP contribution is 2.45. The van der Waals surface area contributed by atoms with Crippen LogP contribution < -0.4 is 0 Å². The zero-order valence-corrected chi connectivity index (χ0v) is 68.4. The molecule has 0 amide bonds. The molecular formula is C87H148O17P2. The standard InChI is InChI=1S/C87H148O17P2/c1-5-9-13-17-21-25-29-33-37-39-40-42-46-48-52-56-60-64-68-72-85(90)98-78-83(104-87(92)74-70-66-62-58-54-50-44-36-32-28-24-20-16-12-8-4)80-102-106(95,96)100-76-81(88)75-99-105(93,94)101-79-82(103-86(91)73-69-65-61-57-53-49-43-35-31-27-23-19-15-11-7-3)77-97-84(89)71-67-63-59-55-51-47-45-41-38-34-30-26-22-18-14-10-6-2/h10,14,21-22,24-26,28,33-38,40,42-45,47,55,59,81-83,88H,5-9,11-13,15-20,23,27,29-32,39,41,46,48-54,56-58,60-80H2,1-4H3,(H,93,94)(H,95,96)/b14-10-,25-21-,26-22-,28-24-,37-33-,38-34-,42-40-,43-35-,44-36-,47-45-,59-55-. The number of aliphatic hydroxyl groups is 1. The molecule has 0 heterocycles. The number of carbonyl (C=O) groups excluding carboxylic acids is 4. The number of hydrogen-bond donors (Lipinski definition) is 3. The molecular weight excluding hydrogens is 1380 g/mol. The molecule has 0 radical (unpaired) electrons. The van der Waals surface area contributed by atoms with Gasteiger partial charge in [0.2, 0.25) is 0 Å². The van der Waals surface area contributed by atoms with Gasteiger partial charge in [-0.25, -0.2) is 9.13 Å². The Balaban J connectivity index is 5.43. The van der Waals surface area contributed by atoms with Crippen LogP contribution in [-0.4, -0.2) is 96.7 Å². The van der Waals surface area contributed by atoms with E-state index in [2.05, 4.69) is 149 Å². The van der Waals surface area contributed by atoms with E-state index in [1.54, 1.807) is 0 Å². The molecule has 0 aromatic rings. The molecule has 0 aromatic carbocycles. The average molecular weight is 1530 g/mol. The van der Waals surface area contributed by atoms with Crippen LogP contribution in [0.1, 0.15) is 336 Å². The summed E-state index contributed by atoms with van der Waals surface area (Å²) in [5, 5.41) is 10.7. The smallest absolute Gasteiger partial charge is 0.462 e. The summed E-state index contributed by atoms with van der Waals surface area (Å²) in [4.78, 5) is 73.1. The third-order valence-corrected chi connectivity index (χ3v) is 19.0. The maximum Gasteiger partial charge on any atom is 0.472 e. The summed E-state index contributed by atoms with van der Waals surface area (Å²) in [7, 11) is -9.99. The van der Waals surface area contributed by atoms with Crippen molar-refractivity contribution in [2.24, 2.45) is 0 Å². The summed E-state index contributed by atoms with van der Waals surface area (Å²) < 4.78 is 68.6. The van der Waals surface area contributed by atoms with Gasteiger partial charge in [-0.1, -0.05) is 283 Å². The first kappa shape index (κ1) is 101. The lowest BCUT2D eigenvalue weighted by molar-refractivity contribution is -0.161. The van der Waals surface area contributed by atoms with Crippen molar-refractivity contribution >= 4 is 39.5 Å². The molecule has 0 fully saturated rings. The van der Waals surface area contributed by atoms with E-state index in [9.17, 15) is 43.2 Å². The number of aliphatic hydroxyl groups excluding tert-OH is 1. The van der Waals surface area contributed by atoms with Gasteiger partial charge in [0.15, 0.2) is 12.2 Å². The molecule has 3 N–H and O–H groups in total. The van der Waals surface area contributed by atoms with Gasteiger partial charge < -0.3 is 33.8 Å². The minimum atomic E-state index is -5.00. The lowest BCUT2D eigenvalue weighted by Crippen LogP contribution is -2.30. The maximum absolute atomic E-state index is 13.1. The minimum Gasteiger partial charge on any atom is -0.462 e. The molecule has 608 valence electrons. The molecule has 0 rings (SSSR count). The highest BCUT2D eigenvalue weighted by molar-refractivity contribution is 7.47. The van der Waals surface area contributed by atoms with Crippen LogP contribution in [0.5, 0.6) is 0 Å². The summed E-state index contributed by atoms with van der Waals surface area (Å²) in [5.41, 5.74) is 0. The first-order valence-corrected chi connectivity index (χ1v) is 44.4. The van der Waals surface area contributed by atoms with E-state index in [4.69, 9.17) is 37.0 Å². The molecule has 0 bridgehead atoms. The van der Waals surface area contributed by atoms with E-state index in [1.165, 1.54) is 77.0 Å². The van der Waals surface area contributed by atoms with Crippen LogP contribution in [0.15, 0.2) is 134 Å². The Kier molecular flexibility index (Phi) is 74.8. The van der Waals surface area contributed by atoms with Gasteiger partial charge in [-0.15, -0.1) is 0 Å². The Labute approximate surface area is 644 Å². The monoisotopic (exact) mass is 1530 g/mol. The fourth-order valence-electron chi connectivity index (χ4n) is 10.8. The van der Waals surface area contributed by atoms with Gasteiger partial charge in [0.05, 0.1) is 26.4 Å². The van der Waals surface area contributed by atoms with Crippen molar-refractivity contribution < 1.29 is 80.2 Å². The molecule has 0 spiro atoms. The van der Waals surface area contributed by atoms with Crippen LogP contribution in [0.4, 0.5) is 0 Å². The van der Waals surface area contributed by atoms with Gasteiger partial charge in [-0.2, -0.15) is 0 Å². The Bertz CT molecular complexity index is 2530. The second kappa shape index (κ2) is 78.3. The van der Waals surface area contributed by atoms with Crippen LogP contribution >= 0.6 is 15.6 Å². The van der Waals surface area contributed by atoms with Crippen molar-refractivity contribution in [3.8, 4) is 0 Å². The molecule has 0 aliphatic heterocycles. The molecule has 0 aliphatic rings. The lowest BCUT2D eigenvalue weighted by Gasteiger charge is -2.21. The van der Waals surface area contributed by atoms with Gasteiger partial charge in [0.1, 0.15) is 19.3 Å². The predicted octanol–water partition coefficient (Wildman–Crippen LogP) is 24.4. The molecule has 0 saturated heterocycles. The molecule has 0 aromatic heterocycles. The first-order valence-electron chi connectivity index (χ1n) is 41.4. The zero-order chi connectivity index (χ0) is 77.4. The second-order valence-corrected chi connectivity index (χ2v) is 30.2. The van der Waals surface area contributed by atoms with Crippen molar-refractivity contribution in [3.63, 3.8) is 0 Å². The number of phosphoric ester groups is 2. The first-order chi connectivity index (χ1) is 51.7. The molecule has 19 heteroatoms. The van der Waals surface area contributed by atoms with Crippen molar-refractivity contribution in [2.45, 2.75) is 354 Å². The number of rotatable bonds is 77. The van der Waals surface area contributed by atoms with E-state index in [0.29, 0.717) is 32.1 Å². The quantitative estimate of drug-likeness (QED) is 0.0169. The summed E-state index contributed by atoms with van der Waals surface area (Å²) in [6.07, 6.45) is 88.5. The average Bonchev–Trinajstić information content (AvgIpc) is 0.928. The van der Waals surface area contributed by atoms with E-state index in [1.807, 2.05) is 12.2 Å². The number of ether oxygens (including phenoxy) is 4. The topological polar surface area (TPSA) is 237 Å². The Morgan fingerprint density at radius 1 is 0.274 bits per heavy atom. The van der Waals surface area contributed by atoms with Crippen LogP contribution in [0.2, 0.25) is 0 Å². The summed E-state index contributed by atoms with van der Waals surface area (Å²) in [6.45, 7) is 4.62. The molecule has 5 unspecified atom stereocenters. The number of phosphoric acid groups is 2. The minimum absolute atomic E-state index is 0.0700. The van der Waals surface area contributed by atoms with E-state index in [0.717, 1.165) is 173 Å². The van der Waals surface area contributed by atoms with Crippen LogP contribution in [-0.2, 0) is 65.4 Å². The summed E-state index contributed by atoms with van der Waals surface area (Å²) in [6, 6.07) is 0. The predicted molar refractivity (Wildman–Crippen MR) is 436 cm³/mol. The Morgan fingerprint density at radius 2 is 0.500 bits per heavy atom. The highest BCUT2D eigenvalue weighted by Gasteiger charge is 2.30. The van der Waals surface area contributed by atoms with Gasteiger partial charge in [-0.3, -0.25) is 37.3 Å². The molecule has 0 saturated carbocycles. The van der Waals surface area contributed by atoms with Crippen LogP contribution in [0.3, 0.4) is 0 Å². The highest BCUT2D eigenvalue weighted by atomic mass is 31.2. The van der Waals surface area contributed by atoms with Crippen LogP contribution in [0, 0.1) is 0 Å². The normalized spacial score (nSPS) is 14.5. The second-order valence-electron chi connectivity index (χ2n) is 27.3. The van der Waals surface area contributed by atoms with Gasteiger partial charge in [0.25, 0.3) is 0 Å². The SMILES string of the molecule is CC/C=C\C/C=C\C/C=C\C/C=C\C/C=C\CCCC(=O)OCC(COP(=O)(O)OCC(O)COP(=O)(O)OCC(COC(=O)CCCCCCCC/C=C\C/C=C\C/C=C\CCCCC)OC(=O)CCCCCCC/C=C\C/C=C\CCCCC)OC(=O)CCCCCCC/C=C\CCCCCCCC. The number of allylic oxidation sites excluding steroid dienone is 22. The Hall–Kier alpha value is -4.80. The summed E-state index contributed by atoms with van der Waals surface area (Å²) >= 11 is 0. The molecule has 0 aliphatic carbocycles. The fourth-order valence-corrected chi connectivity index (χ4v) is 12.3. The zero-order valence-electron chi connectivity index (χ0n) is 66.6. The van der Waals surface area contributed by atoms with Gasteiger partial charge in [-0.05, 0) is 161 Å². The van der Waals surface area contributed by atoms with Gasteiger partial charge in [0, 0.05) is 25.7 Å². The van der Waals surface area contributed by atoms with Gasteiger partial charge >= 0.3 is 39.5 Å².